The molecule has 1 amide bonds. The molecule has 0 saturated carbocycles. The fourth-order valence-electron chi connectivity index (χ4n) is 3.16. The van der Waals surface area contributed by atoms with Gasteiger partial charge in [0.15, 0.2) is 0 Å². The number of likely N-dealkylation sites (tertiary alicyclic amines) is 1. The summed E-state index contributed by atoms with van der Waals surface area (Å²) in [6, 6.07) is 15.3. The van der Waals surface area contributed by atoms with E-state index in [1.54, 1.807) is 29.2 Å². The summed E-state index contributed by atoms with van der Waals surface area (Å²) in [7, 11) is -3.77. The molecule has 0 radical (unpaired) electrons. The molecule has 0 unspecified atom stereocenters. The Morgan fingerprint density at radius 1 is 1.04 bits per heavy atom. The molecule has 6 heteroatoms. The SMILES string of the molecule is Cc1ccc(S(=O)(=O)N[C@@H](Cc2ccccc2)C(=O)N2CCCC2)cc1. The van der Waals surface area contributed by atoms with Gasteiger partial charge in [0.25, 0.3) is 0 Å². The lowest BCUT2D eigenvalue weighted by molar-refractivity contribution is -0.131. The summed E-state index contributed by atoms with van der Waals surface area (Å²) < 4.78 is 28.2. The Morgan fingerprint density at radius 2 is 1.65 bits per heavy atom. The van der Waals surface area contributed by atoms with Crippen LogP contribution in [0.4, 0.5) is 0 Å². The van der Waals surface area contributed by atoms with E-state index in [2.05, 4.69) is 4.72 Å². The summed E-state index contributed by atoms with van der Waals surface area (Å²) >= 11 is 0. The molecule has 1 aliphatic heterocycles. The first kappa shape index (κ1) is 18.6. The van der Waals surface area contributed by atoms with Crippen LogP contribution in [-0.4, -0.2) is 38.4 Å². The number of sulfonamides is 1. The van der Waals surface area contributed by atoms with Crippen molar-refractivity contribution in [2.24, 2.45) is 0 Å². The minimum atomic E-state index is -3.77. The second kappa shape index (κ2) is 8.01. The van der Waals surface area contributed by atoms with Gasteiger partial charge in [-0.15, -0.1) is 0 Å². The van der Waals surface area contributed by atoms with Crippen LogP contribution in [0.15, 0.2) is 59.5 Å². The van der Waals surface area contributed by atoms with Gasteiger partial charge in [0, 0.05) is 13.1 Å². The maximum Gasteiger partial charge on any atom is 0.241 e. The lowest BCUT2D eigenvalue weighted by Crippen LogP contribution is -2.48. The number of hydrogen-bond donors (Lipinski definition) is 1. The predicted octanol–water partition coefficient (Wildman–Crippen LogP) is 2.51. The summed E-state index contributed by atoms with van der Waals surface area (Å²) in [5.74, 6) is -0.151. The van der Waals surface area contributed by atoms with Crippen molar-refractivity contribution < 1.29 is 13.2 Å². The number of nitrogens with zero attached hydrogens (tertiary/aromatic N) is 1. The van der Waals surface area contributed by atoms with Crippen LogP contribution in [0.25, 0.3) is 0 Å². The van der Waals surface area contributed by atoms with Crippen LogP contribution in [0.5, 0.6) is 0 Å². The van der Waals surface area contributed by atoms with E-state index >= 15 is 0 Å². The average Bonchev–Trinajstić information content (AvgIpc) is 3.16. The zero-order chi connectivity index (χ0) is 18.6. The lowest BCUT2D eigenvalue weighted by atomic mass is 10.1. The van der Waals surface area contributed by atoms with E-state index in [0.29, 0.717) is 19.5 Å². The van der Waals surface area contributed by atoms with Gasteiger partial charge in [0.05, 0.1) is 4.90 Å². The van der Waals surface area contributed by atoms with E-state index in [1.165, 1.54) is 0 Å². The van der Waals surface area contributed by atoms with Crippen LogP contribution in [0, 0.1) is 6.92 Å². The van der Waals surface area contributed by atoms with Crippen LogP contribution in [0.2, 0.25) is 0 Å². The molecule has 26 heavy (non-hydrogen) atoms. The first-order valence-electron chi connectivity index (χ1n) is 8.87. The molecule has 1 fully saturated rings. The Kier molecular flexibility index (Phi) is 5.74. The number of benzene rings is 2. The number of carbonyl (C=O) groups excluding carboxylic acids is 1. The van der Waals surface area contributed by atoms with Crippen molar-refractivity contribution in [3.63, 3.8) is 0 Å². The molecule has 0 aliphatic carbocycles. The highest BCUT2D eigenvalue weighted by Gasteiger charge is 2.30. The number of hydrogen-bond acceptors (Lipinski definition) is 3. The van der Waals surface area contributed by atoms with Crippen molar-refractivity contribution in [3.05, 3.63) is 65.7 Å². The first-order chi connectivity index (χ1) is 12.5. The highest BCUT2D eigenvalue weighted by molar-refractivity contribution is 7.89. The highest BCUT2D eigenvalue weighted by atomic mass is 32.2. The summed E-state index contributed by atoms with van der Waals surface area (Å²) in [4.78, 5) is 14.8. The molecule has 1 saturated heterocycles. The summed E-state index contributed by atoms with van der Waals surface area (Å²) in [6.07, 6.45) is 2.27. The van der Waals surface area contributed by atoms with E-state index < -0.39 is 16.1 Å². The molecule has 1 aliphatic rings. The van der Waals surface area contributed by atoms with E-state index in [0.717, 1.165) is 24.0 Å². The zero-order valence-electron chi connectivity index (χ0n) is 14.9. The average molecular weight is 372 g/mol. The van der Waals surface area contributed by atoms with Gasteiger partial charge in [0.2, 0.25) is 15.9 Å². The van der Waals surface area contributed by atoms with E-state index in [4.69, 9.17) is 0 Å². The molecule has 2 aromatic rings. The molecular formula is C20H24N2O3S. The molecular weight excluding hydrogens is 348 g/mol. The number of aryl methyl sites for hydroxylation is 1. The fourth-order valence-corrected chi connectivity index (χ4v) is 4.35. The third kappa shape index (κ3) is 4.51. The minimum absolute atomic E-state index is 0.151. The Bertz CT molecular complexity index is 842. The molecule has 138 valence electrons. The second-order valence-electron chi connectivity index (χ2n) is 6.71. The molecule has 0 aromatic heterocycles. The molecule has 0 spiro atoms. The van der Waals surface area contributed by atoms with E-state index in [1.807, 2.05) is 37.3 Å². The fraction of sp³-hybridized carbons (Fsp3) is 0.350. The lowest BCUT2D eigenvalue weighted by Gasteiger charge is -2.24. The van der Waals surface area contributed by atoms with Crippen LogP contribution in [-0.2, 0) is 21.2 Å². The summed E-state index contributed by atoms with van der Waals surface area (Å²) in [5.41, 5.74) is 1.91. The Balaban J connectivity index is 1.84. The predicted molar refractivity (Wildman–Crippen MR) is 101 cm³/mol. The van der Waals surface area contributed by atoms with Gasteiger partial charge in [-0.3, -0.25) is 4.79 Å². The van der Waals surface area contributed by atoms with Gasteiger partial charge >= 0.3 is 0 Å². The molecule has 3 rings (SSSR count). The van der Waals surface area contributed by atoms with Crippen LogP contribution < -0.4 is 4.72 Å². The van der Waals surface area contributed by atoms with Gasteiger partial charge in [0.1, 0.15) is 6.04 Å². The number of nitrogens with one attached hydrogen (secondary N) is 1. The Hall–Kier alpha value is -2.18. The molecule has 1 heterocycles. The second-order valence-corrected chi connectivity index (χ2v) is 8.42. The van der Waals surface area contributed by atoms with Crippen molar-refractivity contribution >= 4 is 15.9 Å². The smallest absolute Gasteiger partial charge is 0.241 e. The van der Waals surface area contributed by atoms with Crippen molar-refractivity contribution in [2.75, 3.05) is 13.1 Å². The molecule has 1 N–H and O–H groups in total. The summed E-state index contributed by atoms with van der Waals surface area (Å²) in [5, 5.41) is 0. The quantitative estimate of drug-likeness (QED) is 0.847. The van der Waals surface area contributed by atoms with Gasteiger partial charge in [-0.05, 0) is 43.9 Å². The van der Waals surface area contributed by atoms with Gasteiger partial charge in [-0.1, -0.05) is 48.0 Å². The van der Waals surface area contributed by atoms with E-state index in [-0.39, 0.29) is 10.8 Å². The van der Waals surface area contributed by atoms with Crippen molar-refractivity contribution in [1.29, 1.82) is 0 Å². The van der Waals surface area contributed by atoms with Gasteiger partial charge in [-0.2, -0.15) is 4.72 Å². The Labute approximate surface area is 155 Å². The van der Waals surface area contributed by atoms with Crippen LogP contribution >= 0.6 is 0 Å². The Morgan fingerprint density at radius 3 is 2.27 bits per heavy atom. The monoisotopic (exact) mass is 372 g/mol. The van der Waals surface area contributed by atoms with Crippen molar-refractivity contribution in [3.8, 4) is 0 Å². The molecule has 5 nitrogen and oxygen atoms in total. The third-order valence-electron chi connectivity index (χ3n) is 4.63. The number of carbonyl (C=O) groups is 1. The minimum Gasteiger partial charge on any atom is -0.341 e. The third-order valence-corrected chi connectivity index (χ3v) is 6.11. The normalized spacial score (nSPS) is 15.8. The van der Waals surface area contributed by atoms with Crippen LogP contribution in [0.3, 0.4) is 0 Å². The number of amides is 1. The maximum atomic E-state index is 12.9. The van der Waals surface area contributed by atoms with Gasteiger partial charge in [-0.25, -0.2) is 8.42 Å². The largest absolute Gasteiger partial charge is 0.341 e. The first-order valence-corrected chi connectivity index (χ1v) is 10.4. The number of rotatable bonds is 6. The van der Waals surface area contributed by atoms with Crippen LogP contribution in [0.1, 0.15) is 24.0 Å². The molecule has 1 atom stereocenters. The standard InChI is InChI=1S/C20H24N2O3S/c1-16-9-11-18(12-10-16)26(24,25)21-19(15-17-7-3-2-4-8-17)20(23)22-13-5-6-14-22/h2-4,7-12,19,21H,5-6,13-15H2,1H3/t19-/m0/s1. The molecule has 0 bridgehead atoms. The maximum absolute atomic E-state index is 12.9. The zero-order valence-corrected chi connectivity index (χ0v) is 15.7. The highest BCUT2D eigenvalue weighted by Crippen LogP contribution is 2.16. The summed E-state index contributed by atoms with van der Waals surface area (Å²) in [6.45, 7) is 3.28. The van der Waals surface area contributed by atoms with Crippen molar-refractivity contribution in [2.45, 2.75) is 37.1 Å². The molecule has 2 aromatic carbocycles. The van der Waals surface area contributed by atoms with Crippen molar-refractivity contribution in [1.82, 2.24) is 9.62 Å². The van der Waals surface area contributed by atoms with Gasteiger partial charge < -0.3 is 4.90 Å². The van der Waals surface area contributed by atoms with E-state index in [9.17, 15) is 13.2 Å². The topological polar surface area (TPSA) is 66.5 Å².